The van der Waals surface area contributed by atoms with Crippen molar-refractivity contribution in [2.45, 2.75) is 19.6 Å². The number of rotatable bonds is 8. The van der Waals surface area contributed by atoms with Crippen LogP contribution in [0.5, 0.6) is 11.5 Å². The van der Waals surface area contributed by atoms with Crippen molar-refractivity contribution < 1.29 is 18.3 Å². The summed E-state index contributed by atoms with van der Waals surface area (Å²) in [5, 5.41) is 4.08. The van der Waals surface area contributed by atoms with Crippen LogP contribution >= 0.6 is 0 Å². The van der Waals surface area contributed by atoms with E-state index in [-0.39, 0.29) is 18.2 Å². The molecule has 8 nitrogen and oxygen atoms in total. The molecule has 4 aromatic rings. The quantitative estimate of drug-likeness (QED) is 0.383. The van der Waals surface area contributed by atoms with Gasteiger partial charge in [0, 0.05) is 37.5 Å². The molecule has 1 aliphatic rings. The Morgan fingerprint density at radius 2 is 1.77 bits per heavy atom. The smallest absolute Gasteiger partial charge is 0.350 e. The average Bonchev–Trinajstić information content (AvgIpc) is 3.19. The molecule has 0 aliphatic carbocycles. The SMILES string of the molecule is CCOC1CN(c2cc(Oc3ccc(-n4ncn(Cc5c(F)cccc5F)c4=O)cc3)ccn2)C1. The Labute approximate surface area is 200 Å². The van der Waals surface area contributed by atoms with E-state index >= 15 is 0 Å². The number of pyridine rings is 1. The summed E-state index contributed by atoms with van der Waals surface area (Å²) in [6, 6.07) is 14.0. The molecule has 0 unspecified atom stereocenters. The molecule has 0 amide bonds. The Morgan fingerprint density at radius 1 is 1.03 bits per heavy atom. The van der Waals surface area contributed by atoms with E-state index in [2.05, 4.69) is 15.0 Å². The first kappa shape index (κ1) is 22.7. The van der Waals surface area contributed by atoms with E-state index in [0.717, 1.165) is 40.3 Å². The van der Waals surface area contributed by atoms with E-state index in [1.807, 2.05) is 13.0 Å². The standard InChI is InChI=1S/C25H23F2N5O3/c1-2-34-20-13-30(14-20)24-12-19(10-11-28-24)35-18-8-6-17(7-9-18)32-25(33)31(16-29-32)15-21-22(26)4-3-5-23(21)27/h3-12,16,20H,2,13-15H2,1H3. The van der Waals surface area contributed by atoms with Gasteiger partial charge >= 0.3 is 5.69 Å². The van der Waals surface area contributed by atoms with Crippen molar-refractivity contribution in [2.75, 3.05) is 24.6 Å². The van der Waals surface area contributed by atoms with E-state index in [0.29, 0.717) is 23.8 Å². The molecule has 2 aromatic carbocycles. The van der Waals surface area contributed by atoms with Crippen molar-refractivity contribution in [3.8, 4) is 17.2 Å². The summed E-state index contributed by atoms with van der Waals surface area (Å²) in [4.78, 5) is 19.3. The summed E-state index contributed by atoms with van der Waals surface area (Å²) >= 11 is 0. The largest absolute Gasteiger partial charge is 0.457 e. The van der Waals surface area contributed by atoms with Gasteiger partial charge in [0.25, 0.3) is 0 Å². The lowest BCUT2D eigenvalue weighted by atomic mass is 10.1. The highest BCUT2D eigenvalue weighted by atomic mass is 19.1. The lowest BCUT2D eigenvalue weighted by molar-refractivity contribution is 0.0427. The van der Waals surface area contributed by atoms with Crippen LogP contribution in [0.3, 0.4) is 0 Å². The van der Waals surface area contributed by atoms with E-state index in [1.165, 1.54) is 12.4 Å². The molecule has 35 heavy (non-hydrogen) atoms. The van der Waals surface area contributed by atoms with Crippen LogP contribution in [0.4, 0.5) is 14.6 Å². The van der Waals surface area contributed by atoms with E-state index in [4.69, 9.17) is 9.47 Å². The number of aromatic nitrogens is 4. The molecule has 3 heterocycles. The Bertz CT molecular complexity index is 1360. The van der Waals surface area contributed by atoms with Crippen LogP contribution in [-0.2, 0) is 11.3 Å². The highest BCUT2D eigenvalue weighted by molar-refractivity contribution is 5.48. The molecule has 0 spiro atoms. The fraction of sp³-hybridized carbons (Fsp3) is 0.240. The van der Waals surface area contributed by atoms with E-state index in [9.17, 15) is 13.6 Å². The van der Waals surface area contributed by atoms with Gasteiger partial charge in [-0.2, -0.15) is 9.78 Å². The molecule has 10 heteroatoms. The van der Waals surface area contributed by atoms with Gasteiger partial charge in [-0.05, 0) is 49.4 Å². The summed E-state index contributed by atoms with van der Waals surface area (Å²) in [5.41, 5.74) is -0.214. The van der Waals surface area contributed by atoms with Crippen LogP contribution in [0.25, 0.3) is 5.69 Å². The highest BCUT2D eigenvalue weighted by Crippen LogP contribution is 2.27. The average molecular weight is 479 g/mol. The summed E-state index contributed by atoms with van der Waals surface area (Å²) in [7, 11) is 0. The third-order valence-electron chi connectivity index (χ3n) is 5.73. The lowest BCUT2D eigenvalue weighted by Crippen LogP contribution is -2.52. The number of benzene rings is 2. The number of hydrogen-bond acceptors (Lipinski definition) is 6. The fourth-order valence-electron chi connectivity index (χ4n) is 3.87. The predicted octanol–water partition coefficient (Wildman–Crippen LogP) is 3.77. The van der Waals surface area contributed by atoms with Gasteiger partial charge < -0.3 is 14.4 Å². The minimum Gasteiger partial charge on any atom is -0.457 e. The van der Waals surface area contributed by atoms with Gasteiger partial charge in [0.1, 0.15) is 35.3 Å². The Morgan fingerprint density at radius 3 is 2.49 bits per heavy atom. The molecule has 5 rings (SSSR count). The summed E-state index contributed by atoms with van der Waals surface area (Å²) in [6.07, 6.45) is 3.18. The number of anilines is 1. The van der Waals surface area contributed by atoms with Crippen LogP contribution in [0.2, 0.25) is 0 Å². The zero-order chi connectivity index (χ0) is 24.4. The van der Waals surface area contributed by atoms with Crippen molar-refractivity contribution in [1.29, 1.82) is 0 Å². The molecule has 1 fully saturated rings. The van der Waals surface area contributed by atoms with Gasteiger partial charge in [0.15, 0.2) is 0 Å². The maximum absolute atomic E-state index is 14.0. The molecular formula is C25H23F2N5O3. The molecule has 0 bridgehead atoms. The van der Waals surface area contributed by atoms with Gasteiger partial charge in [0.05, 0.1) is 18.3 Å². The predicted molar refractivity (Wildman–Crippen MR) is 125 cm³/mol. The van der Waals surface area contributed by atoms with Crippen molar-refractivity contribution in [3.63, 3.8) is 0 Å². The Kier molecular flexibility index (Phi) is 6.28. The molecule has 0 saturated carbocycles. The normalized spacial score (nSPS) is 13.6. The molecule has 0 radical (unpaired) electrons. The van der Waals surface area contributed by atoms with Crippen LogP contribution in [0.1, 0.15) is 12.5 Å². The highest BCUT2D eigenvalue weighted by Gasteiger charge is 2.28. The van der Waals surface area contributed by atoms with Gasteiger partial charge in [-0.25, -0.2) is 18.6 Å². The van der Waals surface area contributed by atoms with Gasteiger partial charge in [-0.15, -0.1) is 0 Å². The monoisotopic (exact) mass is 479 g/mol. The molecule has 2 aromatic heterocycles. The second-order valence-corrected chi connectivity index (χ2v) is 8.08. The Balaban J connectivity index is 1.27. The fourth-order valence-corrected chi connectivity index (χ4v) is 3.87. The third-order valence-corrected chi connectivity index (χ3v) is 5.73. The summed E-state index contributed by atoms with van der Waals surface area (Å²) in [5.74, 6) is 0.597. The third kappa shape index (κ3) is 4.78. The lowest BCUT2D eigenvalue weighted by Gasteiger charge is -2.39. The summed E-state index contributed by atoms with van der Waals surface area (Å²) < 4.78 is 41.8. The molecule has 0 atom stereocenters. The zero-order valence-corrected chi connectivity index (χ0v) is 19.0. The zero-order valence-electron chi connectivity index (χ0n) is 19.0. The van der Waals surface area contributed by atoms with E-state index < -0.39 is 17.3 Å². The van der Waals surface area contributed by atoms with Crippen LogP contribution < -0.4 is 15.3 Å². The molecular weight excluding hydrogens is 456 g/mol. The van der Waals surface area contributed by atoms with Crippen LogP contribution in [0, 0.1) is 11.6 Å². The second-order valence-electron chi connectivity index (χ2n) is 8.08. The number of hydrogen-bond donors (Lipinski definition) is 0. The number of ether oxygens (including phenoxy) is 2. The first-order chi connectivity index (χ1) is 17.0. The maximum atomic E-state index is 14.0. The van der Waals surface area contributed by atoms with Gasteiger partial charge in [0.2, 0.25) is 0 Å². The molecule has 180 valence electrons. The van der Waals surface area contributed by atoms with Crippen molar-refractivity contribution in [3.05, 3.63) is 94.8 Å². The van der Waals surface area contributed by atoms with Crippen LogP contribution in [0.15, 0.2) is 71.9 Å². The van der Waals surface area contributed by atoms with Crippen molar-refractivity contribution in [1.82, 2.24) is 19.3 Å². The number of nitrogens with zero attached hydrogens (tertiary/aromatic N) is 5. The first-order valence-corrected chi connectivity index (χ1v) is 11.2. The van der Waals surface area contributed by atoms with Crippen molar-refractivity contribution in [2.24, 2.45) is 0 Å². The van der Waals surface area contributed by atoms with Gasteiger partial charge in [-0.1, -0.05) is 6.07 Å². The number of halogens is 2. The minimum absolute atomic E-state index is 0.193. The van der Waals surface area contributed by atoms with Crippen molar-refractivity contribution >= 4 is 5.82 Å². The topological polar surface area (TPSA) is 74.4 Å². The minimum atomic E-state index is -0.714. The molecule has 0 N–H and O–H groups in total. The second kappa shape index (κ2) is 9.67. The Hall–Kier alpha value is -4.05. The molecule has 1 saturated heterocycles. The molecule has 1 aliphatic heterocycles. The first-order valence-electron chi connectivity index (χ1n) is 11.2. The van der Waals surface area contributed by atoms with Gasteiger partial charge in [-0.3, -0.25) is 4.57 Å². The van der Waals surface area contributed by atoms with E-state index in [1.54, 1.807) is 36.5 Å². The maximum Gasteiger partial charge on any atom is 0.350 e. The summed E-state index contributed by atoms with van der Waals surface area (Å²) in [6.45, 7) is 4.01. The van der Waals surface area contributed by atoms with Crippen LogP contribution in [-0.4, -0.2) is 45.1 Å².